The van der Waals surface area contributed by atoms with Crippen LogP contribution in [-0.2, 0) is 4.79 Å². The summed E-state index contributed by atoms with van der Waals surface area (Å²) in [5.74, 6) is 0.437. The molecule has 0 spiro atoms. The first kappa shape index (κ1) is 22.9. The van der Waals surface area contributed by atoms with Gasteiger partial charge in [0.25, 0.3) is 5.69 Å². The molecular weight excluding hydrogens is 484 g/mol. The molecule has 0 aliphatic carbocycles. The summed E-state index contributed by atoms with van der Waals surface area (Å²) >= 11 is 6.14. The Labute approximate surface area is 208 Å². The summed E-state index contributed by atoms with van der Waals surface area (Å²) in [5, 5.41) is 23.7. The number of aromatic nitrogens is 6. The fraction of sp³-hybridized carbons (Fsp3) is 0.0417. The fourth-order valence-electron chi connectivity index (χ4n) is 3.59. The molecule has 178 valence electrons. The molecule has 0 saturated carbocycles. The van der Waals surface area contributed by atoms with E-state index in [-0.39, 0.29) is 5.69 Å². The minimum absolute atomic E-state index is 0.0224. The van der Waals surface area contributed by atoms with Gasteiger partial charge in [-0.25, -0.2) is 14.6 Å². The van der Waals surface area contributed by atoms with Crippen molar-refractivity contribution in [2.45, 2.75) is 6.92 Å². The number of nitro groups is 1. The predicted molar refractivity (Wildman–Crippen MR) is 134 cm³/mol. The maximum absolute atomic E-state index is 12.6. The van der Waals surface area contributed by atoms with Crippen LogP contribution in [0.5, 0.6) is 0 Å². The van der Waals surface area contributed by atoms with Crippen molar-refractivity contribution in [1.82, 2.24) is 29.5 Å². The number of nitrogens with zero attached hydrogens (tertiary/aromatic N) is 7. The summed E-state index contributed by atoms with van der Waals surface area (Å²) in [6.45, 7) is 1.80. The van der Waals surface area contributed by atoms with Crippen LogP contribution in [0.4, 0.5) is 11.5 Å². The van der Waals surface area contributed by atoms with Crippen LogP contribution in [0.1, 0.15) is 11.3 Å². The van der Waals surface area contributed by atoms with Crippen molar-refractivity contribution in [2.75, 3.05) is 5.32 Å². The highest BCUT2D eigenvalue weighted by Gasteiger charge is 2.17. The lowest BCUT2D eigenvalue weighted by Gasteiger charge is -2.08. The van der Waals surface area contributed by atoms with Gasteiger partial charge in [-0.1, -0.05) is 17.7 Å². The van der Waals surface area contributed by atoms with Crippen molar-refractivity contribution < 1.29 is 9.72 Å². The third-order valence-corrected chi connectivity index (χ3v) is 5.45. The van der Waals surface area contributed by atoms with Gasteiger partial charge in [0.15, 0.2) is 11.5 Å². The summed E-state index contributed by atoms with van der Waals surface area (Å²) in [6.07, 6.45) is 5.92. The molecule has 3 aromatic heterocycles. The first-order valence-corrected chi connectivity index (χ1v) is 11.0. The van der Waals surface area contributed by atoms with Crippen LogP contribution in [0.25, 0.3) is 28.6 Å². The number of hydrogen-bond donors (Lipinski definition) is 1. The van der Waals surface area contributed by atoms with Gasteiger partial charge in [-0.2, -0.15) is 14.9 Å². The van der Waals surface area contributed by atoms with Gasteiger partial charge in [0.1, 0.15) is 12.1 Å². The lowest BCUT2D eigenvalue weighted by molar-refractivity contribution is -0.384. The van der Waals surface area contributed by atoms with Gasteiger partial charge >= 0.3 is 0 Å². The highest BCUT2D eigenvalue weighted by Crippen LogP contribution is 2.25. The number of nitro benzene ring substituents is 1. The molecule has 5 rings (SSSR count). The number of carbonyl (C=O) groups excluding carboxylic acids is 1. The van der Waals surface area contributed by atoms with Crippen molar-refractivity contribution >= 4 is 46.1 Å². The largest absolute Gasteiger partial charge is 0.307 e. The summed E-state index contributed by atoms with van der Waals surface area (Å²) in [6, 6.07) is 14.8. The highest BCUT2D eigenvalue weighted by molar-refractivity contribution is 6.30. The molecule has 1 N–H and O–H groups in total. The Balaban J connectivity index is 1.44. The number of rotatable bonds is 6. The van der Waals surface area contributed by atoms with E-state index >= 15 is 0 Å². The number of nitrogens with one attached hydrogen (secondary N) is 1. The number of aryl methyl sites for hydroxylation is 1. The van der Waals surface area contributed by atoms with Crippen molar-refractivity contribution in [3.8, 4) is 11.5 Å². The monoisotopic (exact) mass is 500 g/mol. The normalized spacial score (nSPS) is 11.3. The molecule has 0 aliphatic rings. The standard InChI is InChI=1S/C24H17ClN8O3/c1-15-11-21(29-22(34)10-7-16-5-8-18(9-6-16)33(35)36)32(30-15)24-20-13-28-31(23(20)26-14-27-24)19-4-2-3-17(25)12-19/h2-14H,1H3,(H,29,34)/b10-7+. The van der Waals surface area contributed by atoms with Gasteiger partial charge in [0.05, 0.1) is 27.9 Å². The lowest BCUT2D eigenvalue weighted by atomic mass is 10.2. The van der Waals surface area contributed by atoms with E-state index < -0.39 is 10.8 Å². The quantitative estimate of drug-likeness (QED) is 0.206. The SMILES string of the molecule is Cc1cc(NC(=O)/C=C/c2ccc([N+](=O)[O-])cc2)n(-c2ncnc3c2cnn3-c2cccc(Cl)c2)n1. The van der Waals surface area contributed by atoms with Crippen LogP contribution < -0.4 is 5.32 Å². The molecule has 5 aromatic rings. The number of anilines is 1. The number of fused-ring (bicyclic) bond motifs is 1. The average molecular weight is 501 g/mol. The van der Waals surface area contributed by atoms with E-state index in [1.807, 2.05) is 12.1 Å². The van der Waals surface area contributed by atoms with E-state index in [2.05, 4.69) is 25.5 Å². The Bertz CT molecular complexity index is 1640. The molecule has 0 radical (unpaired) electrons. The zero-order valence-electron chi connectivity index (χ0n) is 18.7. The molecule has 0 saturated heterocycles. The summed E-state index contributed by atoms with van der Waals surface area (Å²) in [5.41, 5.74) is 2.57. The van der Waals surface area contributed by atoms with Crippen LogP contribution in [0.15, 0.2) is 73.2 Å². The topological polar surface area (TPSA) is 134 Å². The molecule has 36 heavy (non-hydrogen) atoms. The number of amides is 1. The third kappa shape index (κ3) is 4.55. The number of carbonyl (C=O) groups is 1. The Hall–Kier alpha value is -4.90. The zero-order chi connectivity index (χ0) is 25.2. The first-order chi connectivity index (χ1) is 17.4. The third-order valence-electron chi connectivity index (χ3n) is 5.21. The Kier molecular flexibility index (Phi) is 5.97. The van der Waals surface area contributed by atoms with Gasteiger partial charge in [0, 0.05) is 29.3 Å². The van der Waals surface area contributed by atoms with Gasteiger partial charge < -0.3 is 5.32 Å². The lowest BCUT2D eigenvalue weighted by Crippen LogP contribution is -2.13. The van der Waals surface area contributed by atoms with Crippen LogP contribution in [0.2, 0.25) is 5.02 Å². The van der Waals surface area contributed by atoms with E-state index in [1.54, 1.807) is 54.2 Å². The molecule has 0 unspecified atom stereocenters. The minimum Gasteiger partial charge on any atom is -0.307 e. The van der Waals surface area contributed by atoms with Gasteiger partial charge in [-0.15, -0.1) is 0 Å². The molecular formula is C24H17ClN8O3. The van der Waals surface area contributed by atoms with E-state index in [1.165, 1.54) is 29.2 Å². The zero-order valence-corrected chi connectivity index (χ0v) is 19.5. The maximum Gasteiger partial charge on any atom is 0.269 e. The minimum atomic E-state index is -0.480. The molecule has 1 amide bonds. The van der Waals surface area contributed by atoms with Gasteiger partial charge in [0.2, 0.25) is 5.91 Å². The smallest absolute Gasteiger partial charge is 0.269 e. The van der Waals surface area contributed by atoms with Crippen LogP contribution in [0, 0.1) is 17.0 Å². The highest BCUT2D eigenvalue weighted by atomic mass is 35.5. The first-order valence-electron chi connectivity index (χ1n) is 10.6. The molecule has 0 bridgehead atoms. The van der Waals surface area contributed by atoms with Gasteiger partial charge in [-0.05, 0) is 48.9 Å². The van der Waals surface area contributed by atoms with Crippen molar-refractivity contribution in [1.29, 1.82) is 0 Å². The van der Waals surface area contributed by atoms with E-state index in [0.29, 0.717) is 38.9 Å². The van der Waals surface area contributed by atoms with Crippen LogP contribution in [0.3, 0.4) is 0 Å². The summed E-state index contributed by atoms with van der Waals surface area (Å²) in [7, 11) is 0. The molecule has 0 atom stereocenters. The van der Waals surface area contributed by atoms with E-state index in [0.717, 1.165) is 5.69 Å². The molecule has 0 fully saturated rings. The number of hydrogen-bond acceptors (Lipinski definition) is 7. The molecule has 12 heteroatoms. The second-order valence-electron chi connectivity index (χ2n) is 7.72. The maximum atomic E-state index is 12.6. The van der Waals surface area contributed by atoms with Crippen LogP contribution >= 0.6 is 11.6 Å². The molecule has 3 heterocycles. The Morgan fingerprint density at radius 2 is 1.92 bits per heavy atom. The number of non-ortho nitro benzene ring substituents is 1. The van der Waals surface area contributed by atoms with Gasteiger partial charge in [-0.3, -0.25) is 14.9 Å². The summed E-state index contributed by atoms with van der Waals surface area (Å²) in [4.78, 5) is 31.7. The average Bonchev–Trinajstić information content (AvgIpc) is 3.46. The van der Waals surface area contributed by atoms with E-state index in [4.69, 9.17) is 11.6 Å². The second-order valence-corrected chi connectivity index (χ2v) is 8.16. The Morgan fingerprint density at radius 1 is 1.11 bits per heavy atom. The fourth-order valence-corrected chi connectivity index (χ4v) is 3.78. The van der Waals surface area contributed by atoms with E-state index in [9.17, 15) is 14.9 Å². The summed E-state index contributed by atoms with van der Waals surface area (Å²) < 4.78 is 3.16. The van der Waals surface area contributed by atoms with Crippen molar-refractivity contribution in [3.63, 3.8) is 0 Å². The van der Waals surface area contributed by atoms with Crippen LogP contribution in [-0.4, -0.2) is 40.4 Å². The second kappa shape index (κ2) is 9.39. The van der Waals surface area contributed by atoms with Crippen molar-refractivity contribution in [3.05, 3.63) is 99.6 Å². The number of halogens is 1. The number of benzene rings is 2. The van der Waals surface area contributed by atoms with Crippen molar-refractivity contribution in [2.24, 2.45) is 0 Å². The molecule has 2 aromatic carbocycles. The Morgan fingerprint density at radius 3 is 2.67 bits per heavy atom. The molecule has 11 nitrogen and oxygen atoms in total. The predicted octanol–water partition coefficient (Wildman–Crippen LogP) is 4.52. The molecule has 0 aliphatic heterocycles.